The number of esters is 1. The van der Waals surface area contributed by atoms with Gasteiger partial charge in [-0.1, -0.05) is 48.5 Å². The number of hydrogen-bond acceptors (Lipinski definition) is 3. The lowest BCUT2D eigenvalue weighted by molar-refractivity contribution is 0.0599. The van der Waals surface area contributed by atoms with E-state index in [0.717, 1.165) is 16.7 Å². The number of methoxy groups -OCH3 is 1. The van der Waals surface area contributed by atoms with Crippen LogP contribution in [-0.4, -0.2) is 13.1 Å². The number of ether oxygens (including phenoxy) is 2. The molecule has 0 aliphatic carbocycles. The van der Waals surface area contributed by atoms with Gasteiger partial charge in [0.15, 0.2) is 0 Å². The van der Waals surface area contributed by atoms with E-state index >= 15 is 0 Å². The molecule has 0 fully saturated rings. The number of benzene rings is 3. The van der Waals surface area contributed by atoms with Crippen LogP contribution in [-0.2, 0) is 17.8 Å². The van der Waals surface area contributed by atoms with E-state index < -0.39 is 5.97 Å². The summed E-state index contributed by atoms with van der Waals surface area (Å²) in [6, 6.07) is 21.4. The predicted octanol–water partition coefficient (Wildman–Crippen LogP) is 4.78. The maximum absolute atomic E-state index is 13.1. The number of hydrogen-bond donors (Lipinski definition) is 0. The van der Waals surface area contributed by atoms with Crippen molar-refractivity contribution in [3.05, 3.63) is 101 Å². The second kappa shape index (κ2) is 8.30. The zero-order chi connectivity index (χ0) is 18.4. The number of carbonyl (C=O) groups is 1. The molecule has 0 N–H and O–H groups in total. The van der Waals surface area contributed by atoms with Crippen LogP contribution in [0.15, 0.2) is 72.8 Å². The van der Waals surface area contributed by atoms with Crippen molar-refractivity contribution < 1.29 is 18.7 Å². The highest BCUT2D eigenvalue weighted by molar-refractivity contribution is 5.91. The van der Waals surface area contributed by atoms with Gasteiger partial charge in [-0.2, -0.15) is 0 Å². The molecule has 0 amide bonds. The Morgan fingerprint density at radius 2 is 1.65 bits per heavy atom. The van der Waals surface area contributed by atoms with Crippen molar-refractivity contribution in [2.75, 3.05) is 7.11 Å². The molecule has 0 radical (unpaired) electrons. The van der Waals surface area contributed by atoms with E-state index in [2.05, 4.69) is 0 Å². The van der Waals surface area contributed by atoms with E-state index in [-0.39, 0.29) is 5.82 Å². The summed E-state index contributed by atoms with van der Waals surface area (Å²) in [5.41, 5.74) is 3.20. The Labute approximate surface area is 152 Å². The fraction of sp³-hybridized carbons (Fsp3) is 0.136. The first kappa shape index (κ1) is 17.7. The summed E-state index contributed by atoms with van der Waals surface area (Å²) in [6.45, 7) is 0.415. The van der Waals surface area contributed by atoms with Crippen LogP contribution in [0.4, 0.5) is 4.39 Å². The summed E-state index contributed by atoms with van der Waals surface area (Å²) in [4.78, 5) is 12.2. The molecule has 26 heavy (non-hydrogen) atoms. The van der Waals surface area contributed by atoms with Crippen molar-refractivity contribution in [1.82, 2.24) is 0 Å². The summed E-state index contributed by atoms with van der Waals surface area (Å²) in [7, 11) is 1.35. The molecule has 3 rings (SSSR count). The maximum Gasteiger partial charge on any atom is 0.338 e. The van der Waals surface area contributed by atoms with E-state index in [1.165, 1.54) is 19.2 Å². The van der Waals surface area contributed by atoms with Crippen molar-refractivity contribution in [3.63, 3.8) is 0 Å². The first-order valence-electron chi connectivity index (χ1n) is 8.28. The number of rotatable bonds is 6. The Bertz CT molecular complexity index is 874. The van der Waals surface area contributed by atoms with Gasteiger partial charge in [-0.15, -0.1) is 0 Å². The van der Waals surface area contributed by atoms with Crippen LogP contribution in [0.3, 0.4) is 0 Å². The average molecular weight is 350 g/mol. The van der Waals surface area contributed by atoms with Crippen molar-refractivity contribution >= 4 is 5.97 Å². The molecule has 0 aromatic heterocycles. The van der Waals surface area contributed by atoms with E-state index in [1.54, 1.807) is 18.2 Å². The van der Waals surface area contributed by atoms with Crippen molar-refractivity contribution in [1.29, 1.82) is 0 Å². The second-order valence-corrected chi connectivity index (χ2v) is 5.89. The van der Waals surface area contributed by atoms with Crippen LogP contribution in [0.1, 0.15) is 27.0 Å². The lowest BCUT2D eigenvalue weighted by Gasteiger charge is -2.12. The fourth-order valence-corrected chi connectivity index (χ4v) is 2.66. The van der Waals surface area contributed by atoms with Gasteiger partial charge in [0, 0.05) is 0 Å². The molecule has 3 aromatic rings. The largest absolute Gasteiger partial charge is 0.489 e. The Kier molecular flexibility index (Phi) is 5.64. The minimum absolute atomic E-state index is 0.286. The molecule has 0 bridgehead atoms. The number of halogens is 1. The zero-order valence-corrected chi connectivity index (χ0v) is 14.4. The molecule has 3 nitrogen and oxygen atoms in total. The summed E-state index contributed by atoms with van der Waals surface area (Å²) in [6.07, 6.45) is 0.504. The summed E-state index contributed by atoms with van der Waals surface area (Å²) >= 11 is 0. The third kappa shape index (κ3) is 4.48. The Morgan fingerprint density at radius 3 is 2.35 bits per heavy atom. The quantitative estimate of drug-likeness (QED) is 0.600. The van der Waals surface area contributed by atoms with E-state index in [4.69, 9.17) is 9.47 Å². The smallest absolute Gasteiger partial charge is 0.338 e. The van der Waals surface area contributed by atoms with E-state index in [9.17, 15) is 9.18 Å². The Hall–Kier alpha value is -3.14. The minimum atomic E-state index is -0.424. The van der Waals surface area contributed by atoms with Gasteiger partial charge >= 0.3 is 5.97 Å². The first-order chi connectivity index (χ1) is 12.7. The molecular weight excluding hydrogens is 331 g/mol. The topological polar surface area (TPSA) is 35.5 Å². The van der Waals surface area contributed by atoms with Gasteiger partial charge < -0.3 is 9.47 Å². The first-order valence-corrected chi connectivity index (χ1v) is 8.28. The van der Waals surface area contributed by atoms with Gasteiger partial charge in [0.1, 0.15) is 18.2 Å². The van der Waals surface area contributed by atoms with Gasteiger partial charge in [-0.3, -0.25) is 0 Å². The van der Waals surface area contributed by atoms with Gasteiger partial charge in [0.05, 0.1) is 12.7 Å². The summed E-state index contributed by atoms with van der Waals surface area (Å²) in [5.74, 6) is -0.115. The van der Waals surface area contributed by atoms with Gasteiger partial charge in [-0.05, 0) is 47.4 Å². The monoisotopic (exact) mass is 350 g/mol. The Balaban J connectivity index is 1.81. The Morgan fingerprint density at radius 1 is 0.923 bits per heavy atom. The van der Waals surface area contributed by atoms with Gasteiger partial charge in [0.2, 0.25) is 0 Å². The SMILES string of the molecule is COC(=O)c1cc(OCc2ccccc2)ccc1Cc1ccc(F)cc1. The van der Waals surface area contributed by atoms with Crippen LogP contribution >= 0.6 is 0 Å². The second-order valence-electron chi connectivity index (χ2n) is 5.89. The third-order valence-electron chi connectivity index (χ3n) is 4.04. The molecule has 0 atom stereocenters. The predicted molar refractivity (Wildman–Crippen MR) is 97.8 cm³/mol. The minimum Gasteiger partial charge on any atom is -0.489 e. The number of carbonyl (C=O) groups excluding carboxylic acids is 1. The van der Waals surface area contributed by atoms with Gasteiger partial charge in [-0.25, -0.2) is 9.18 Å². The molecule has 0 saturated heterocycles. The lowest BCUT2D eigenvalue weighted by atomic mass is 9.99. The van der Waals surface area contributed by atoms with Crippen molar-refractivity contribution in [2.45, 2.75) is 13.0 Å². The van der Waals surface area contributed by atoms with E-state index in [1.807, 2.05) is 42.5 Å². The summed E-state index contributed by atoms with van der Waals surface area (Å²) in [5, 5.41) is 0. The average Bonchev–Trinajstić information content (AvgIpc) is 2.69. The molecule has 0 unspecified atom stereocenters. The molecule has 4 heteroatoms. The molecule has 3 aromatic carbocycles. The molecule has 0 saturated carbocycles. The summed E-state index contributed by atoms with van der Waals surface area (Å²) < 4.78 is 23.8. The molecular formula is C22H19FO3. The molecule has 0 heterocycles. The molecule has 132 valence electrons. The molecule has 0 aliphatic heterocycles. The van der Waals surface area contributed by atoms with Crippen molar-refractivity contribution in [3.8, 4) is 5.75 Å². The van der Waals surface area contributed by atoms with Crippen LogP contribution in [0.5, 0.6) is 5.75 Å². The van der Waals surface area contributed by atoms with Gasteiger partial charge in [0.25, 0.3) is 0 Å². The standard InChI is InChI=1S/C22H19FO3/c1-25-22(24)21-14-20(26-15-17-5-3-2-4-6-17)12-9-18(21)13-16-7-10-19(23)11-8-16/h2-12,14H,13,15H2,1H3. The van der Waals surface area contributed by atoms with Crippen LogP contribution in [0, 0.1) is 5.82 Å². The fourth-order valence-electron chi connectivity index (χ4n) is 2.66. The van der Waals surface area contributed by atoms with E-state index in [0.29, 0.717) is 24.3 Å². The maximum atomic E-state index is 13.1. The van der Waals surface area contributed by atoms with Crippen molar-refractivity contribution in [2.24, 2.45) is 0 Å². The van der Waals surface area contributed by atoms with Crippen LogP contribution in [0.2, 0.25) is 0 Å². The highest BCUT2D eigenvalue weighted by Gasteiger charge is 2.14. The molecule has 0 aliphatic rings. The van der Waals surface area contributed by atoms with Crippen LogP contribution < -0.4 is 4.74 Å². The molecule has 0 spiro atoms. The highest BCUT2D eigenvalue weighted by atomic mass is 19.1. The van der Waals surface area contributed by atoms with Crippen LogP contribution in [0.25, 0.3) is 0 Å². The normalized spacial score (nSPS) is 10.4. The zero-order valence-electron chi connectivity index (χ0n) is 14.4. The highest BCUT2D eigenvalue weighted by Crippen LogP contribution is 2.22. The lowest BCUT2D eigenvalue weighted by Crippen LogP contribution is -2.07. The third-order valence-corrected chi connectivity index (χ3v) is 4.04.